The third-order valence-electron chi connectivity index (χ3n) is 9.17. The molecule has 1 saturated carbocycles. The first kappa shape index (κ1) is 27.4. The Hall–Kier alpha value is -4.39. The lowest BCUT2D eigenvalue weighted by molar-refractivity contribution is 0.0764. The summed E-state index contributed by atoms with van der Waals surface area (Å²) < 4.78 is 17.6. The van der Waals surface area contributed by atoms with Crippen molar-refractivity contribution < 1.29 is 23.8 Å². The molecule has 220 valence electrons. The van der Waals surface area contributed by atoms with E-state index in [-0.39, 0.29) is 18.1 Å². The number of ether oxygens (including phenoxy) is 2. The standard InChI is InChI=1S/C34H34N4O5/c1-41-31-15-21(34(40)38-18-23-13-26(39)14-24(23)19-38)2-4-28(31)32-16-30-33(43-32)27(6-9-36-30)20-3-5-29(22(12-20)17-35)37-25-7-10-42-11-8-25/h2-6,9,12,15-16,23-26,37,39H,7-8,10-11,13-14,18-19H2,1H3/t23-,24+,26-. The molecule has 0 unspecified atom stereocenters. The lowest BCUT2D eigenvalue weighted by Crippen LogP contribution is -2.30. The largest absolute Gasteiger partial charge is 0.496 e. The van der Waals surface area contributed by atoms with Crippen molar-refractivity contribution in [3.05, 3.63) is 65.9 Å². The molecule has 4 aromatic rings. The number of aliphatic hydroxyl groups is 1. The summed E-state index contributed by atoms with van der Waals surface area (Å²) in [6.07, 6.45) is 4.87. The molecule has 3 atom stereocenters. The van der Waals surface area contributed by atoms with Gasteiger partial charge in [0.25, 0.3) is 5.91 Å². The molecule has 7 rings (SSSR count). The summed E-state index contributed by atoms with van der Waals surface area (Å²) in [7, 11) is 1.58. The number of nitrogens with zero attached hydrogens (tertiary/aromatic N) is 3. The topological polar surface area (TPSA) is 121 Å². The van der Waals surface area contributed by atoms with Crippen LogP contribution < -0.4 is 10.1 Å². The normalized spacial score (nSPS) is 22.0. The Kier molecular flexibility index (Phi) is 7.25. The van der Waals surface area contributed by atoms with Gasteiger partial charge < -0.3 is 29.2 Å². The molecule has 0 bridgehead atoms. The van der Waals surface area contributed by atoms with E-state index in [1.165, 1.54) is 0 Å². The highest BCUT2D eigenvalue weighted by atomic mass is 16.5. The number of carbonyl (C=O) groups excluding carboxylic acids is 1. The average molecular weight is 579 g/mol. The van der Waals surface area contributed by atoms with Gasteiger partial charge in [-0.05, 0) is 79.5 Å². The van der Waals surface area contributed by atoms with Crippen LogP contribution in [0.25, 0.3) is 33.6 Å². The summed E-state index contributed by atoms with van der Waals surface area (Å²) >= 11 is 0. The number of likely N-dealkylation sites (tertiary alicyclic amines) is 1. The van der Waals surface area contributed by atoms with Crippen LogP contribution in [0.1, 0.15) is 41.6 Å². The number of hydrogen-bond donors (Lipinski definition) is 2. The molecule has 1 aliphatic carbocycles. The zero-order valence-electron chi connectivity index (χ0n) is 24.1. The lowest BCUT2D eigenvalue weighted by atomic mass is 10.0. The smallest absolute Gasteiger partial charge is 0.254 e. The molecule has 4 heterocycles. The van der Waals surface area contributed by atoms with Crippen LogP contribution in [0.15, 0.2) is 59.1 Å². The van der Waals surface area contributed by atoms with Crippen LogP contribution in [-0.4, -0.2) is 66.5 Å². The first-order chi connectivity index (χ1) is 21.0. The molecular formula is C34H34N4O5. The quantitative estimate of drug-likeness (QED) is 0.309. The van der Waals surface area contributed by atoms with Gasteiger partial charge >= 0.3 is 0 Å². The van der Waals surface area contributed by atoms with Gasteiger partial charge in [-0.25, -0.2) is 0 Å². The molecule has 1 amide bonds. The molecule has 2 saturated heterocycles. The number of nitriles is 1. The third-order valence-corrected chi connectivity index (χ3v) is 9.17. The Bertz CT molecular complexity index is 1710. The number of nitrogens with one attached hydrogen (secondary N) is 1. The highest BCUT2D eigenvalue weighted by molar-refractivity contribution is 5.97. The number of aliphatic hydroxyl groups excluding tert-OH is 1. The zero-order valence-corrected chi connectivity index (χ0v) is 24.1. The lowest BCUT2D eigenvalue weighted by Gasteiger charge is -2.24. The van der Waals surface area contributed by atoms with Crippen molar-refractivity contribution in [2.45, 2.75) is 37.8 Å². The van der Waals surface area contributed by atoms with E-state index in [2.05, 4.69) is 16.4 Å². The predicted molar refractivity (Wildman–Crippen MR) is 162 cm³/mol. The Balaban J connectivity index is 1.16. The minimum Gasteiger partial charge on any atom is -0.496 e. The summed E-state index contributed by atoms with van der Waals surface area (Å²) in [6, 6.07) is 17.7. The Morgan fingerprint density at radius 1 is 1.07 bits per heavy atom. The summed E-state index contributed by atoms with van der Waals surface area (Å²) in [5.74, 6) is 1.85. The highest BCUT2D eigenvalue weighted by Gasteiger charge is 2.42. The average Bonchev–Trinajstić information content (AvgIpc) is 3.74. The second-order valence-electron chi connectivity index (χ2n) is 11.9. The van der Waals surface area contributed by atoms with Gasteiger partial charge in [-0.2, -0.15) is 5.26 Å². The van der Waals surface area contributed by atoms with Crippen molar-refractivity contribution in [2.24, 2.45) is 11.8 Å². The summed E-state index contributed by atoms with van der Waals surface area (Å²) in [5, 5.41) is 23.4. The Morgan fingerprint density at radius 3 is 2.60 bits per heavy atom. The zero-order chi connectivity index (χ0) is 29.5. The van der Waals surface area contributed by atoms with Crippen LogP contribution >= 0.6 is 0 Å². The van der Waals surface area contributed by atoms with Crippen LogP contribution in [0.3, 0.4) is 0 Å². The van der Waals surface area contributed by atoms with Crippen molar-refractivity contribution in [1.82, 2.24) is 9.88 Å². The van der Waals surface area contributed by atoms with Crippen molar-refractivity contribution in [3.8, 4) is 34.3 Å². The minimum atomic E-state index is -0.239. The molecule has 0 radical (unpaired) electrons. The van der Waals surface area contributed by atoms with Crippen molar-refractivity contribution >= 4 is 22.7 Å². The fourth-order valence-corrected chi connectivity index (χ4v) is 6.93. The van der Waals surface area contributed by atoms with E-state index < -0.39 is 0 Å². The molecule has 3 aliphatic rings. The maximum Gasteiger partial charge on any atom is 0.254 e. The number of rotatable bonds is 6. The number of aromatic nitrogens is 1. The van der Waals surface area contributed by atoms with Crippen molar-refractivity contribution in [3.63, 3.8) is 0 Å². The molecule has 3 fully saturated rings. The van der Waals surface area contributed by atoms with E-state index in [0.717, 1.165) is 61.3 Å². The number of pyridine rings is 1. The second kappa shape index (κ2) is 11.4. The van der Waals surface area contributed by atoms with Gasteiger partial charge in [0.15, 0.2) is 5.58 Å². The van der Waals surface area contributed by atoms with Crippen molar-refractivity contribution in [2.75, 3.05) is 38.7 Å². The molecular weight excluding hydrogens is 544 g/mol. The van der Waals surface area contributed by atoms with Gasteiger partial charge in [-0.3, -0.25) is 9.78 Å². The number of carbonyl (C=O) groups is 1. The summed E-state index contributed by atoms with van der Waals surface area (Å²) in [5.41, 5.74) is 5.66. The molecule has 2 aliphatic heterocycles. The Labute approximate surface area is 250 Å². The highest BCUT2D eigenvalue weighted by Crippen LogP contribution is 2.40. The van der Waals surface area contributed by atoms with Crippen LogP contribution in [0.5, 0.6) is 5.75 Å². The number of anilines is 1. The third kappa shape index (κ3) is 5.22. The molecule has 43 heavy (non-hydrogen) atoms. The first-order valence-electron chi connectivity index (χ1n) is 14.9. The molecule has 9 nitrogen and oxygen atoms in total. The van der Waals surface area contributed by atoms with E-state index in [1.807, 2.05) is 47.4 Å². The SMILES string of the molecule is COc1cc(C(=O)N2C[C@H]3C[C@@H](O)C[C@H]3C2)ccc1-c1cc2nccc(-c3ccc(NC4CCOCC4)c(C#N)c3)c2o1. The summed E-state index contributed by atoms with van der Waals surface area (Å²) in [6.45, 7) is 2.82. The number of fused-ring (bicyclic) bond motifs is 2. The van der Waals surface area contributed by atoms with Gasteiger partial charge in [0, 0.05) is 55.7 Å². The van der Waals surface area contributed by atoms with Crippen LogP contribution in [0.4, 0.5) is 5.69 Å². The number of amides is 1. The minimum absolute atomic E-state index is 0.0228. The first-order valence-corrected chi connectivity index (χ1v) is 14.9. The number of methoxy groups -OCH3 is 1. The number of furan rings is 1. The van der Waals surface area contributed by atoms with Gasteiger partial charge in [0.2, 0.25) is 0 Å². The summed E-state index contributed by atoms with van der Waals surface area (Å²) in [4.78, 5) is 19.8. The number of benzene rings is 2. The number of hydrogen-bond acceptors (Lipinski definition) is 8. The monoisotopic (exact) mass is 578 g/mol. The van der Waals surface area contributed by atoms with Crippen LogP contribution in [0.2, 0.25) is 0 Å². The van der Waals surface area contributed by atoms with E-state index in [4.69, 9.17) is 13.9 Å². The van der Waals surface area contributed by atoms with E-state index >= 15 is 0 Å². The molecule has 9 heteroatoms. The molecule has 2 N–H and O–H groups in total. The van der Waals surface area contributed by atoms with Gasteiger partial charge in [-0.1, -0.05) is 6.07 Å². The fraction of sp³-hybridized carbons (Fsp3) is 0.382. The molecule has 0 spiro atoms. The van der Waals surface area contributed by atoms with Gasteiger partial charge in [-0.15, -0.1) is 0 Å². The van der Waals surface area contributed by atoms with Crippen molar-refractivity contribution in [1.29, 1.82) is 5.26 Å². The van der Waals surface area contributed by atoms with Gasteiger partial charge in [0.05, 0.1) is 30.0 Å². The van der Waals surface area contributed by atoms with E-state index in [1.54, 1.807) is 19.4 Å². The maximum absolute atomic E-state index is 13.3. The maximum atomic E-state index is 13.3. The predicted octanol–water partition coefficient (Wildman–Crippen LogP) is 5.48. The van der Waals surface area contributed by atoms with E-state index in [0.29, 0.717) is 58.7 Å². The second-order valence-corrected chi connectivity index (χ2v) is 11.9. The molecule has 2 aromatic heterocycles. The molecule has 2 aromatic carbocycles. The Morgan fingerprint density at radius 2 is 1.86 bits per heavy atom. The van der Waals surface area contributed by atoms with E-state index in [9.17, 15) is 15.2 Å². The van der Waals surface area contributed by atoms with Crippen LogP contribution in [-0.2, 0) is 4.74 Å². The van der Waals surface area contributed by atoms with Crippen LogP contribution in [0, 0.1) is 23.2 Å². The van der Waals surface area contributed by atoms with Gasteiger partial charge in [0.1, 0.15) is 23.1 Å². The fourth-order valence-electron chi connectivity index (χ4n) is 6.93.